The van der Waals surface area contributed by atoms with Crippen molar-refractivity contribution in [3.8, 4) is 23.0 Å². The first-order valence-electron chi connectivity index (χ1n) is 10.5. The van der Waals surface area contributed by atoms with Gasteiger partial charge in [-0.2, -0.15) is 0 Å². The molecule has 5 rings (SSSR count). The first-order valence-corrected chi connectivity index (χ1v) is 10.5. The second-order valence-electron chi connectivity index (χ2n) is 7.59. The lowest BCUT2D eigenvalue weighted by molar-refractivity contribution is 0.0728. The van der Waals surface area contributed by atoms with E-state index in [1.165, 1.54) is 6.07 Å². The van der Waals surface area contributed by atoms with E-state index in [4.69, 9.17) is 9.47 Å². The molecule has 6 nitrogen and oxygen atoms in total. The van der Waals surface area contributed by atoms with Gasteiger partial charge in [0.2, 0.25) is 0 Å². The van der Waals surface area contributed by atoms with Crippen LogP contribution in [0.3, 0.4) is 0 Å². The zero-order valence-corrected chi connectivity index (χ0v) is 17.8. The molecule has 6 heteroatoms. The molecular weight excluding hydrogens is 432 g/mol. The zero-order valence-electron chi connectivity index (χ0n) is 17.8. The topological polar surface area (TPSA) is 93.1 Å². The molecule has 5 aromatic rings. The summed E-state index contributed by atoms with van der Waals surface area (Å²) in [5, 5.41) is 24.1. The third-order valence-corrected chi connectivity index (χ3v) is 5.48. The fraction of sp³-hybridized carbons (Fsp3) is 0. The number of fused-ring (bicyclic) bond motifs is 2. The summed E-state index contributed by atoms with van der Waals surface area (Å²) in [6.45, 7) is 0. The fourth-order valence-electron chi connectivity index (χ4n) is 3.82. The van der Waals surface area contributed by atoms with Crippen molar-refractivity contribution in [3.63, 3.8) is 0 Å². The number of phenols is 2. The average molecular weight is 450 g/mol. The summed E-state index contributed by atoms with van der Waals surface area (Å²) in [5.41, 5.74) is -0.809. The van der Waals surface area contributed by atoms with Gasteiger partial charge in [0, 0.05) is 10.8 Å². The number of rotatable bonds is 4. The highest BCUT2D eigenvalue weighted by atomic mass is 16.5. The predicted molar refractivity (Wildman–Crippen MR) is 128 cm³/mol. The Bertz CT molecular complexity index is 1560. The molecule has 0 heterocycles. The number of carbonyl (C=O) groups excluding carboxylic acids is 2. The average Bonchev–Trinajstić information content (AvgIpc) is 2.84. The van der Waals surface area contributed by atoms with Crippen LogP contribution in [0.25, 0.3) is 21.5 Å². The number of hydrogen-bond acceptors (Lipinski definition) is 6. The smallest absolute Gasteiger partial charge is 0.351 e. The van der Waals surface area contributed by atoms with E-state index in [9.17, 15) is 19.8 Å². The largest absolute Gasteiger partial charge is 0.507 e. The van der Waals surface area contributed by atoms with Gasteiger partial charge >= 0.3 is 11.9 Å². The van der Waals surface area contributed by atoms with Crippen LogP contribution in [0.1, 0.15) is 20.7 Å². The van der Waals surface area contributed by atoms with E-state index in [0.29, 0.717) is 16.5 Å². The van der Waals surface area contributed by atoms with E-state index in [-0.39, 0.29) is 11.3 Å². The van der Waals surface area contributed by atoms with E-state index >= 15 is 0 Å². The normalized spacial score (nSPS) is 10.8. The minimum Gasteiger partial charge on any atom is -0.507 e. The van der Waals surface area contributed by atoms with Crippen molar-refractivity contribution in [3.05, 3.63) is 108 Å². The van der Waals surface area contributed by atoms with Crippen LogP contribution < -0.4 is 9.47 Å². The second kappa shape index (κ2) is 8.60. The van der Waals surface area contributed by atoms with Crippen molar-refractivity contribution in [1.29, 1.82) is 0 Å². The summed E-state index contributed by atoms with van der Waals surface area (Å²) in [7, 11) is 0. The van der Waals surface area contributed by atoms with E-state index in [2.05, 4.69) is 0 Å². The van der Waals surface area contributed by atoms with Gasteiger partial charge in [0.15, 0.2) is 0 Å². The number of esters is 2. The third kappa shape index (κ3) is 3.78. The van der Waals surface area contributed by atoms with Crippen molar-refractivity contribution < 1.29 is 29.3 Å². The Hall–Kier alpha value is -4.84. The van der Waals surface area contributed by atoms with Gasteiger partial charge in [-0.3, -0.25) is 0 Å². The Labute approximate surface area is 194 Å². The molecule has 0 saturated carbocycles. The summed E-state index contributed by atoms with van der Waals surface area (Å²) >= 11 is 0. The molecule has 0 fully saturated rings. The Kier molecular flexibility index (Phi) is 5.32. The maximum absolute atomic E-state index is 12.9. The molecule has 0 aromatic heterocycles. The van der Waals surface area contributed by atoms with Crippen molar-refractivity contribution in [1.82, 2.24) is 0 Å². The van der Waals surface area contributed by atoms with Crippen molar-refractivity contribution in [2.45, 2.75) is 0 Å². The van der Waals surface area contributed by atoms with Gasteiger partial charge < -0.3 is 19.7 Å². The molecular formula is C28H18O6. The first-order chi connectivity index (χ1) is 16.5. The molecule has 0 aliphatic heterocycles. The molecule has 0 radical (unpaired) electrons. The van der Waals surface area contributed by atoms with Crippen LogP contribution in [-0.2, 0) is 0 Å². The molecule has 0 atom stereocenters. The number of aromatic hydroxyl groups is 2. The standard InChI is InChI=1S/C28H18O6/c29-22-16-15-21(27(31)33-23-13-5-9-17-7-1-3-11-19(17)23)26(30)25(22)28(32)34-24-14-6-10-18-8-2-4-12-20(18)24/h1-16,29-30H. The van der Waals surface area contributed by atoms with Gasteiger partial charge in [0.25, 0.3) is 0 Å². The number of hydrogen-bond donors (Lipinski definition) is 2. The third-order valence-electron chi connectivity index (χ3n) is 5.48. The molecule has 2 N–H and O–H groups in total. The highest BCUT2D eigenvalue weighted by Gasteiger charge is 2.26. The minimum atomic E-state index is -1.01. The lowest BCUT2D eigenvalue weighted by atomic mass is 10.1. The highest BCUT2D eigenvalue weighted by Crippen LogP contribution is 2.34. The van der Waals surface area contributed by atoms with Crippen LogP contribution in [0.15, 0.2) is 97.1 Å². The van der Waals surface area contributed by atoms with Crippen LogP contribution in [0.4, 0.5) is 0 Å². The SMILES string of the molecule is O=C(Oc1cccc2ccccc12)c1ccc(O)c(C(=O)Oc2cccc3ccccc23)c1O. The number of phenolic OH excluding ortho intramolecular Hbond substituents is 2. The van der Waals surface area contributed by atoms with E-state index in [0.717, 1.165) is 16.8 Å². The van der Waals surface area contributed by atoms with Crippen LogP contribution >= 0.6 is 0 Å². The number of carbonyl (C=O) groups is 2. The Morgan fingerprint density at radius 1 is 0.559 bits per heavy atom. The van der Waals surface area contributed by atoms with Gasteiger partial charge in [0.1, 0.15) is 34.1 Å². The van der Waals surface area contributed by atoms with Crippen LogP contribution in [0.5, 0.6) is 23.0 Å². The van der Waals surface area contributed by atoms with Gasteiger partial charge in [-0.1, -0.05) is 72.8 Å². The molecule has 0 aliphatic rings. The van der Waals surface area contributed by atoms with Crippen LogP contribution in [0.2, 0.25) is 0 Å². The Morgan fingerprint density at radius 3 is 1.65 bits per heavy atom. The summed E-state index contributed by atoms with van der Waals surface area (Å²) < 4.78 is 11.0. The Morgan fingerprint density at radius 2 is 1.06 bits per heavy atom. The molecule has 0 aliphatic carbocycles. The summed E-state index contributed by atoms with van der Waals surface area (Å²) in [4.78, 5) is 25.8. The van der Waals surface area contributed by atoms with Crippen molar-refractivity contribution >= 4 is 33.5 Å². The molecule has 0 amide bonds. The van der Waals surface area contributed by atoms with Gasteiger partial charge in [0.05, 0.1) is 0 Å². The molecule has 166 valence electrons. The fourth-order valence-corrected chi connectivity index (χ4v) is 3.82. The predicted octanol–water partition coefficient (Wildman–Crippen LogP) is 5.84. The molecule has 0 spiro atoms. The maximum Gasteiger partial charge on any atom is 0.351 e. The molecule has 34 heavy (non-hydrogen) atoms. The maximum atomic E-state index is 12.9. The number of benzene rings is 5. The van der Waals surface area contributed by atoms with E-state index in [1.807, 2.05) is 48.5 Å². The van der Waals surface area contributed by atoms with Crippen molar-refractivity contribution in [2.24, 2.45) is 0 Å². The van der Waals surface area contributed by atoms with E-state index in [1.54, 1.807) is 36.4 Å². The lowest BCUT2D eigenvalue weighted by Crippen LogP contribution is -2.14. The van der Waals surface area contributed by atoms with Gasteiger partial charge in [-0.15, -0.1) is 0 Å². The minimum absolute atomic E-state index is 0.255. The number of ether oxygens (including phenoxy) is 2. The van der Waals surface area contributed by atoms with Crippen LogP contribution in [-0.4, -0.2) is 22.2 Å². The summed E-state index contributed by atoms with van der Waals surface area (Å²) in [5.74, 6) is -2.58. The van der Waals surface area contributed by atoms with Gasteiger partial charge in [-0.25, -0.2) is 9.59 Å². The van der Waals surface area contributed by atoms with E-state index < -0.39 is 29.0 Å². The Balaban J connectivity index is 1.47. The van der Waals surface area contributed by atoms with Crippen molar-refractivity contribution in [2.75, 3.05) is 0 Å². The monoisotopic (exact) mass is 450 g/mol. The van der Waals surface area contributed by atoms with Crippen LogP contribution in [0, 0.1) is 0 Å². The first kappa shape index (κ1) is 21.0. The second-order valence-corrected chi connectivity index (χ2v) is 7.59. The quantitative estimate of drug-likeness (QED) is 0.264. The molecule has 0 saturated heterocycles. The molecule has 0 unspecified atom stereocenters. The zero-order chi connectivity index (χ0) is 23.7. The summed E-state index contributed by atoms with van der Waals surface area (Å²) in [6.07, 6.45) is 0. The summed E-state index contributed by atoms with van der Waals surface area (Å²) in [6, 6.07) is 27.5. The van der Waals surface area contributed by atoms with Gasteiger partial charge in [-0.05, 0) is 35.0 Å². The highest BCUT2D eigenvalue weighted by molar-refractivity contribution is 6.04. The molecule has 5 aromatic carbocycles. The molecule has 0 bridgehead atoms. The lowest BCUT2D eigenvalue weighted by Gasteiger charge is -2.13.